The largest absolute Gasteiger partial charge is 0.493 e. The van der Waals surface area contributed by atoms with Crippen LogP contribution in [0.3, 0.4) is 0 Å². The standard InChI is InChI=1S/C26H25ClN2O3/c1-31-24-11-8-18(12-25(24)32-2)20(14-26(30)29-15-17-6-4-3-5-7-17)22-16-28-23-10-9-19(27)13-21(22)23/h3-13,16,20,28H,14-15H2,1-2H3,(H,29,30)/t20-/m1/s1. The molecular formula is C26H25ClN2O3. The van der Waals surface area contributed by atoms with Crippen molar-refractivity contribution in [2.24, 2.45) is 0 Å². The molecule has 1 atom stereocenters. The minimum atomic E-state index is -0.196. The van der Waals surface area contributed by atoms with Crippen molar-refractivity contribution in [1.82, 2.24) is 10.3 Å². The van der Waals surface area contributed by atoms with Crippen LogP contribution in [0, 0.1) is 0 Å². The van der Waals surface area contributed by atoms with Crippen LogP contribution in [0.15, 0.2) is 72.9 Å². The lowest BCUT2D eigenvalue weighted by Gasteiger charge is -2.19. The first-order valence-electron chi connectivity index (χ1n) is 10.4. The van der Waals surface area contributed by atoms with Crippen molar-refractivity contribution < 1.29 is 14.3 Å². The van der Waals surface area contributed by atoms with Crippen molar-refractivity contribution >= 4 is 28.4 Å². The molecule has 1 aromatic heterocycles. The molecule has 1 heterocycles. The minimum absolute atomic E-state index is 0.0370. The Labute approximate surface area is 192 Å². The summed E-state index contributed by atoms with van der Waals surface area (Å²) in [4.78, 5) is 16.3. The van der Waals surface area contributed by atoms with E-state index >= 15 is 0 Å². The van der Waals surface area contributed by atoms with E-state index in [1.807, 2.05) is 72.9 Å². The zero-order valence-corrected chi connectivity index (χ0v) is 18.8. The van der Waals surface area contributed by atoms with Crippen LogP contribution in [0.2, 0.25) is 5.02 Å². The third-order valence-electron chi connectivity index (χ3n) is 5.58. The highest BCUT2D eigenvalue weighted by Gasteiger charge is 2.23. The van der Waals surface area contributed by atoms with Crippen LogP contribution in [-0.2, 0) is 11.3 Å². The maximum atomic E-state index is 13.0. The van der Waals surface area contributed by atoms with Gasteiger partial charge in [0, 0.05) is 41.0 Å². The number of aromatic nitrogens is 1. The van der Waals surface area contributed by atoms with Crippen LogP contribution in [0.1, 0.15) is 29.0 Å². The second kappa shape index (κ2) is 9.79. The number of carbonyl (C=O) groups is 1. The van der Waals surface area contributed by atoms with E-state index in [0.717, 1.165) is 27.6 Å². The van der Waals surface area contributed by atoms with Gasteiger partial charge in [-0.25, -0.2) is 0 Å². The number of halogens is 1. The van der Waals surface area contributed by atoms with E-state index in [1.54, 1.807) is 14.2 Å². The first-order chi connectivity index (χ1) is 15.6. The Bertz CT molecular complexity index is 1220. The minimum Gasteiger partial charge on any atom is -0.493 e. The van der Waals surface area contributed by atoms with Gasteiger partial charge in [-0.15, -0.1) is 0 Å². The molecule has 4 aromatic rings. The smallest absolute Gasteiger partial charge is 0.221 e. The van der Waals surface area contributed by atoms with E-state index in [1.165, 1.54) is 0 Å². The molecule has 0 bridgehead atoms. The van der Waals surface area contributed by atoms with E-state index in [4.69, 9.17) is 21.1 Å². The van der Waals surface area contributed by atoms with E-state index in [2.05, 4.69) is 10.3 Å². The third-order valence-corrected chi connectivity index (χ3v) is 5.82. The Morgan fingerprint density at radius 2 is 1.78 bits per heavy atom. The van der Waals surface area contributed by atoms with Gasteiger partial charge in [0.25, 0.3) is 0 Å². The van der Waals surface area contributed by atoms with Gasteiger partial charge < -0.3 is 19.8 Å². The van der Waals surface area contributed by atoms with Crippen molar-refractivity contribution in [3.8, 4) is 11.5 Å². The summed E-state index contributed by atoms with van der Waals surface area (Å²) in [6, 6.07) is 21.4. The maximum Gasteiger partial charge on any atom is 0.221 e. The SMILES string of the molecule is COc1ccc([C@@H](CC(=O)NCc2ccccc2)c2c[nH]c3ccc(Cl)cc23)cc1OC. The lowest BCUT2D eigenvalue weighted by molar-refractivity contribution is -0.121. The van der Waals surface area contributed by atoms with E-state index < -0.39 is 0 Å². The van der Waals surface area contributed by atoms with Gasteiger partial charge >= 0.3 is 0 Å². The number of ether oxygens (including phenoxy) is 2. The number of fused-ring (bicyclic) bond motifs is 1. The van der Waals surface area contributed by atoms with Crippen molar-refractivity contribution in [1.29, 1.82) is 0 Å². The molecule has 0 radical (unpaired) electrons. The summed E-state index contributed by atoms with van der Waals surface area (Å²) in [5.41, 5.74) is 3.99. The predicted molar refractivity (Wildman–Crippen MR) is 128 cm³/mol. The summed E-state index contributed by atoms with van der Waals surface area (Å²) < 4.78 is 10.9. The molecule has 4 rings (SSSR count). The van der Waals surface area contributed by atoms with Gasteiger partial charge in [0.1, 0.15) is 0 Å². The van der Waals surface area contributed by atoms with Crippen molar-refractivity contribution in [2.45, 2.75) is 18.9 Å². The molecule has 2 N–H and O–H groups in total. The highest BCUT2D eigenvalue weighted by Crippen LogP contribution is 2.38. The number of H-pyrrole nitrogens is 1. The zero-order chi connectivity index (χ0) is 22.5. The fourth-order valence-corrected chi connectivity index (χ4v) is 4.11. The van der Waals surface area contributed by atoms with E-state index in [9.17, 15) is 4.79 Å². The topological polar surface area (TPSA) is 63.3 Å². The molecule has 0 unspecified atom stereocenters. The number of hydrogen-bond acceptors (Lipinski definition) is 3. The number of methoxy groups -OCH3 is 2. The first-order valence-corrected chi connectivity index (χ1v) is 10.8. The number of nitrogens with one attached hydrogen (secondary N) is 2. The van der Waals surface area contributed by atoms with Crippen molar-refractivity contribution in [3.63, 3.8) is 0 Å². The summed E-state index contributed by atoms with van der Waals surface area (Å²) in [6.45, 7) is 0.484. The molecule has 3 aromatic carbocycles. The van der Waals surface area contributed by atoms with Gasteiger partial charge in [0.05, 0.1) is 14.2 Å². The van der Waals surface area contributed by atoms with Gasteiger partial charge in [-0.05, 0) is 47.0 Å². The van der Waals surface area contributed by atoms with Crippen LogP contribution in [-0.4, -0.2) is 25.1 Å². The van der Waals surface area contributed by atoms with Crippen LogP contribution < -0.4 is 14.8 Å². The highest BCUT2D eigenvalue weighted by molar-refractivity contribution is 6.31. The second-order valence-corrected chi connectivity index (χ2v) is 8.00. The normalized spacial score (nSPS) is 11.8. The number of hydrogen-bond donors (Lipinski definition) is 2. The molecule has 32 heavy (non-hydrogen) atoms. The number of amides is 1. The third kappa shape index (κ3) is 4.73. The monoisotopic (exact) mass is 448 g/mol. The quantitative estimate of drug-likeness (QED) is 0.364. The Kier molecular flexibility index (Phi) is 6.66. The van der Waals surface area contributed by atoms with Gasteiger partial charge in [0.15, 0.2) is 11.5 Å². The number of carbonyl (C=O) groups excluding carboxylic acids is 1. The molecule has 0 fully saturated rings. The molecule has 6 heteroatoms. The Balaban J connectivity index is 1.68. The molecule has 164 valence electrons. The Morgan fingerprint density at radius 3 is 2.53 bits per heavy atom. The fraction of sp³-hybridized carbons (Fsp3) is 0.192. The molecule has 1 amide bonds. The Morgan fingerprint density at radius 1 is 1.00 bits per heavy atom. The molecule has 0 aliphatic rings. The van der Waals surface area contributed by atoms with Gasteiger partial charge in [-0.2, -0.15) is 0 Å². The lowest BCUT2D eigenvalue weighted by Crippen LogP contribution is -2.25. The van der Waals surface area contributed by atoms with Gasteiger partial charge in [-0.3, -0.25) is 4.79 Å². The molecule has 0 aliphatic heterocycles. The predicted octanol–water partition coefficient (Wildman–Crippen LogP) is 5.68. The molecule has 0 aliphatic carbocycles. The van der Waals surface area contributed by atoms with Gasteiger partial charge in [0.2, 0.25) is 5.91 Å². The maximum absolute atomic E-state index is 13.0. The fourth-order valence-electron chi connectivity index (χ4n) is 3.93. The Hall–Kier alpha value is -3.44. The number of rotatable bonds is 8. The highest BCUT2D eigenvalue weighted by atomic mass is 35.5. The number of aromatic amines is 1. The number of benzene rings is 3. The van der Waals surface area contributed by atoms with Crippen LogP contribution >= 0.6 is 11.6 Å². The molecule has 0 saturated carbocycles. The molecule has 0 saturated heterocycles. The molecule has 0 spiro atoms. The van der Waals surface area contributed by atoms with Crippen LogP contribution in [0.25, 0.3) is 10.9 Å². The van der Waals surface area contributed by atoms with Crippen molar-refractivity contribution in [3.05, 3.63) is 94.6 Å². The summed E-state index contributed by atoms with van der Waals surface area (Å²) >= 11 is 6.28. The lowest BCUT2D eigenvalue weighted by atomic mass is 9.87. The zero-order valence-electron chi connectivity index (χ0n) is 18.0. The second-order valence-electron chi connectivity index (χ2n) is 7.57. The van der Waals surface area contributed by atoms with Crippen LogP contribution in [0.5, 0.6) is 11.5 Å². The average molecular weight is 449 g/mol. The van der Waals surface area contributed by atoms with E-state index in [0.29, 0.717) is 23.1 Å². The average Bonchev–Trinajstić information content (AvgIpc) is 3.24. The summed E-state index contributed by atoms with van der Waals surface area (Å²) in [6.07, 6.45) is 2.23. The summed E-state index contributed by atoms with van der Waals surface area (Å²) in [5.74, 6) is 1.03. The summed E-state index contributed by atoms with van der Waals surface area (Å²) in [7, 11) is 3.21. The van der Waals surface area contributed by atoms with Gasteiger partial charge in [-0.1, -0.05) is 48.0 Å². The molecular weight excluding hydrogens is 424 g/mol. The molecule has 5 nitrogen and oxygen atoms in total. The van der Waals surface area contributed by atoms with Crippen molar-refractivity contribution in [2.75, 3.05) is 14.2 Å². The first kappa shape index (κ1) is 21.8. The van der Waals surface area contributed by atoms with E-state index in [-0.39, 0.29) is 18.2 Å². The summed E-state index contributed by atoms with van der Waals surface area (Å²) in [5, 5.41) is 4.69. The van der Waals surface area contributed by atoms with Crippen LogP contribution in [0.4, 0.5) is 0 Å².